The van der Waals surface area contributed by atoms with Gasteiger partial charge in [0.2, 0.25) is 0 Å². The zero-order valence-electron chi connectivity index (χ0n) is 14.8. The lowest BCUT2D eigenvalue weighted by Crippen LogP contribution is -2.12. The van der Waals surface area contributed by atoms with Gasteiger partial charge in [-0.15, -0.1) is 0 Å². The molecule has 3 rings (SSSR count). The zero-order chi connectivity index (χ0) is 18.0. The Labute approximate surface area is 145 Å². The lowest BCUT2D eigenvalue weighted by atomic mass is 10.2. The van der Waals surface area contributed by atoms with Crippen molar-refractivity contribution in [1.29, 1.82) is 0 Å². The number of anilines is 1. The number of H-pyrrole nitrogens is 1. The fourth-order valence-corrected chi connectivity index (χ4v) is 2.60. The van der Waals surface area contributed by atoms with E-state index >= 15 is 0 Å². The molecule has 0 saturated carbocycles. The van der Waals surface area contributed by atoms with Gasteiger partial charge in [-0.1, -0.05) is 13.3 Å². The van der Waals surface area contributed by atoms with Crippen molar-refractivity contribution in [1.82, 2.24) is 29.9 Å². The Hall–Kier alpha value is -3.03. The fourth-order valence-electron chi connectivity index (χ4n) is 2.60. The summed E-state index contributed by atoms with van der Waals surface area (Å²) in [6.07, 6.45) is 3.54. The highest BCUT2D eigenvalue weighted by Crippen LogP contribution is 2.14. The Morgan fingerprint density at radius 2 is 1.92 bits per heavy atom. The second-order valence-corrected chi connectivity index (χ2v) is 6.01. The highest BCUT2D eigenvalue weighted by Gasteiger charge is 2.16. The SMILES string of the molecule is CCCc1cc(NC(=O)c2cn(-c3nc(C)cc(C)n3)nc2C)n[nH]1. The van der Waals surface area contributed by atoms with Gasteiger partial charge in [0.15, 0.2) is 5.82 Å². The van der Waals surface area contributed by atoms with Crippen molar-refractivity contribution in [3.05, 3.63) is 46.7 Å². The summed E-state index contributed by atoms with van der Waals surface area (Å²) >= 11 is 0. The van der Waals surface area contributed by atoms with Crippen molar-refractivity contribution in [2.75, 3.05) is 5.32 Å². The van der Waals surface area contributed by atoms with E-state index in [0.717, 1.165) is 29.9 Å². The average Bonchev–Trinajstić information content (AvgIpc) is 3.13. The maximum atomic E-state index is 12.5. The summed E-state index contributed by atoms with van der Waals surface area (Å²) in [5.41, 5.74) is 3.75. The van der Waals surface area contributed by atoms with Gasteiger partial charge in [0, 0.05) is 29.3 Å². The summed E-state index contributed by atoms with van der Waals surface area (Å²) in [6.45, 7) is 7.66. The molecule has 8 heteroatoms. The van der Waals surface area contributed by atoms with Crippen molar-refractivity contribution in [3.63, 3.8) is 0 Å². The van der Waals surface area contributed by atoms with Gasteiger partial charge in [0.05, 0.1) is 11.3 Å². The molecule has 0 atom stereocenters. The molecule has 0 aliphatic rings. The highest BCUT2D eigenvalue weighted by atomic mass is 16.1. The van der Waals surface area contributed by atoms with Crippen molar-refractivity contribution < 1.29 is 4.79 Å². The molecular weight excluding hydrogens is 318 g/mol. The van der Waals surface area contributed by atoms with Crippen molar-refractivity contribution in [3.8, 4) is 5.95 Å². The molecular formula is C17H21N7O. The normalized spacial score (nSPS) is 10.9. The Morgan fingerprint density at radius 1 is 1.20 bits per heavy atom. The van der Waals surface area contributed by atoms with E-state index in [1.54, 1.807) is 13.1 Å². The van der Waals surface area contributed by atoms with Crippen molar-refractivity contribution in [2.45, 2.75) is 40.5 Å². The minimum Gasteiger partial charge on any atom is -0.305 e. The molecule has 0 fully saturated rings. The van der Waals surface area contributed by atoms with Crippen LogP contribution in [0.2, 0.25) is 0 Å². The minimum absolute atomic E-state index is 0.261. The van der Waals surface area contributed by atoms with Crippen molar-refractivity contribution in [2.24, 2.45) is 0 Å². The molecule has 0 bridgehead atoms. The zero-order valence-corrected chi connectivity index (χ0v) is 14.8. The van der Waals surface area contributed by atoms with Gasteiger partial charge in [-0.05, 0) is 33.3 Å². The van der Waals surface area contributed by atoms with E-state index in [9.17, 15) is 4.79 Å². The maximum Gasteiger partial charge on any atom is 0.260 e. The summed E-state index contributed by atoms with van der Waals surface area (Å²) in [7, 11) is 0. The summed E-state index contributed by atoms with van der Waals surface area (Å²) in [5, 5.41) is 14.2. The summed E-state index contributed by atoms with van der Waals surface area (Å²) < 4.78 is 1.53. The van der Waals surface area contributed by atoms with E-state index in [0.29, 0.717) is 23.0 Å². The first kappa shape index (κ1) is 16.8. The summed E-state index contributed by atoms with van der Waals surface area (Å²) in [5.74, 6) is 0.690. The lowest BCUT2D eigenvalue weighted by Gasteiger charge is -2.02. The van der Waals surface area contributed by atoms with Gasteiger partial charge in [-0.2, -0.15) is 10.2 Å². The first-order valence-corrected chi connectivity index (χ1v) is 8.21. The molecule has 2 N–H and O–H groups in total. The molecule has 1 amide bonds. The van der Waals surface area contributed by atoms with Gasteiger partial charge < -0.3 is 5.32 Å². The van der Waals surface area contributed by atoms with Crippen LogP contribution in [0.1, 0.15) is 46.5 Å². The number of aromatic nitrogens is 6. The first-order chi connectivity index (χ1) is 12.0. The molecule has 25 heavy (non-hydrogen) atoms. The van der Waals surface area contributed by atoms with Crippen LogP contribution in [0.15, 0.2) is 18.3 Å². The Morgan fingerprint density at radius 3 is 2.60 bits per heavy atom. The van der Waals surface area contributed by atoms with Crippen LogP contribution in [0, 0.1) is 20.8 Å². The van der Waals surface area contributed by atoms with Crippen LogP contribution < -0.4 is 5.32 Å². The van der Waals surface area contributed by atoms with Gasteiger partial charge in [-0.25, -0.2) is 14.6 Å². The molecule has 8 nitrogen and oxygen atoms in total. The number of carbonyl (C=O) groups excluding carboxylic acids is 1. The number of aromatic amines is 1. The van der Waals surface area contributed by atoms with Crippen molar-refractivity contribution >= 4 is 11.7 Å². The van der Waals surface area contributed by atoms with E-state index < -0.39 is 0 Å². The van der Waals surface area contributed by atoms with Crippen LogP contribution in [-0.4, -0.2) is 35.9 Å². The van der Waals surface area contributed by atoms with E-state index in [-0.39, 0.29) is 5.91 Å². The van der Waals surface area contributed by atoms with Crippen LogP contribution in [0.4, 0.5) is 5.82 Å². The number of aryl methyl sites for hydroxylation is 4. The largest absolute Gasteiger partial charge is 0.305 e. The number of rotatable bonds is 5. The standard InChI is InChI=1S/C17H21N7O/c1-5-6-13-8-15(22-21-13)20-16(25)14-9-24(23-12(14)4)17-18-10(2)7-11(3)19-17/h7-9H,5-6H2,1-4H3,(H2,20,21,22,25). The Kier molecular flexibility index (Phi) is 4.60. The first-order valence-electron chi connectivity index (χ1n) is 8.21. The Bertz CT molecular complexity index is 889. The number of hydrogen-bond donors (Lipinski definition) is 2. The van der Waals surface area contributed by atoms with E-state index in [1.165, 1.54) is 4.68 Å². The van der Waals surface area contributed by atoms with E-state index in [4.69, 9.17) is 0 Å². The van der Waals surface area contributed by atoms with Crippen LogP contribution in [0.5, 0.6) is 0 Å². The van der Waals surface area contributed by atoms with Gasteiger partial charge in [0.1, 0.15) is 0 Å². The third-order valence-corrected chi connectivity index (χ3v) is 3.71. The number of nitrogens with zero attached hydrogens (tertiary/aromatic N) is 5. The fraction of sp³-hybridized carbons (Fsp3) is 0.353. The van der Waals surface area contributed by atoms with Gasteiger partial charge >= 0.3 is 0 Å². The highest BCUT2D eigenvalue weighted by molar-refractivity contribution is 6.04. The molecule has 0 aliphatic heterocycles. The molecule has 0 spiro atoms. The monoisotopic (exact) mass is 339 g/mol. The van der Waals surface area contributed by atoms with Crippen LogP contribution in [0.3, 0.4) is 0 Å². The molecule has 0 saturated heterocycles. The molecule has 130 valence electrons. The number of hydrogen-bond acceptors (Lipinski definition) is 5. The number of amides is 1. The lowest BCUT2D eigenvalue weighted by molar-refractivity contribution is 0.102. The topological polar surface area (TPSA) is 101 Å². The predicted octanol–water partition coefficient (Wildman–Crippen LogP) is 2.52. The number of carbonyl (C=O) groups is 1. The maximum absolute atomic E-state index is 12.5. The smallest absolute Gasteiger partial charge is 0.260 e. The molecule has 3 aromatic rings. The summed E-state index contributed by atoms with van der Waals surface area (Å²) in [6, 6.07) is 3.73. The molecule has 0 radical (unpaired) electrons. The van der Waals surface area contributed by atoms with Gasteiger partial charge in [-0.3, -0.25) is 9.89 Å². The molecule has 3 aromatic heterocycles. The van der Waals surface area contributed by atoms with E-state index in [1.807, 2.05) is 26.0 Å². The quantitative estimate of drug-likeness (QED) is 0.744. The molecule has 0 aliphatic carbocycles. The van der Waals surface area contributed by atoms with Gasteiger partial charge in [0.25, 0.3) is 11.9 Å². The molecule has 0 aromatic carbocycles. The minimum atomic E-state index is -0.261. The van der Waals surface area contributed by atoms with Crippen LogP contribution in [0.25, 0.3) is 5.95 Å². The van der Waals surface area contributed by atoms with Crippen LogP contribution >= 0.6 is 0 Å². The Balaban J connectivity index is 1.82. The average molecular weight is 339 g/mol. The predicted molar refractivity (Wildman–Crippen MR) is 93.9 cm³/mol. The molecule has 0 unspecified atom stereocenters. The third kappa shape index (κ3) is 3.73. The second kappa shape index (κ2) is 6.84. The summed E-state index contributed by atoms with van der Waals surface area (Å²) in [4.78, 5) is 21.3. The van der Waals surface area contributed by atoms with E-state index in [2.05, 4.69) is 37.5 Å². The number of nitrogens with one attached hydrogen (secondary N) is 2. The second-order valence-electron chi connectivity index (χ2n) is 6.01. The van der Waals surface area contributed by atoms with Crippen LogP contribution in [-0.2, 0) is 6.42 Å². The molecule has 3 heterocycles. The third-order valence-electron chi connectivity index (χ3n) is 3.71.